The molecule has 4 N–H and O–H groups in total. The Morgan fingerprint density at radius 1 is 0.974 bits per heavy atom. The molecule has 38 heavy (non-hydrogen) atoms. The normalized spacial score (nSPS) is 15.2. The van der Waals surface area contributed by atoms with Gasteiger partial charge in [0.25, 0.3) is 0 Å². The number of hydrogen-bond donors (Lipinski definition) is 4. The molecule has 1 aliphatic rings. The zero-order valence-corrected chi connectivity index (χ0v) is 21.2. The summed E-state index contributed by atoms with van der Waals surface area (Å²) in [6.45, 7) is 4.64. The monoisotopic (exact) mass is 543 g/mol. The van der Waals surface area contributed by atoms with Crippen molar-refractivity contribution in [3.63, 3.8) is 0 Å². The Morgan fingerprint density at radius 2 is 1.66 bits per heavy atom. The van der Waals surface area contributed by atoms with E-state index in [4.69, 9.17) is 4.55 Å². The lowest BCUT2D eigenvalue weighted by molar-refractivity contribution is 0.0695. The van der Waals surface area contributed by atoms with E-state index < -0.39 is 28.8 Å². The molecule has 1 aromatic carbocycles. The van der Waals surface area contributed by atoms with Crippen LogP contribution in [0.3, 0.4) is 0 Å². The smallest absolute Gasteiger partial charge is 0.336 e. The van der Waals surface area contributed by atoms with E-state index in [-0.39, 0.29) is 28.4 Å². The maximum Gasteiger partial charge on any atom is 0.336 e. The van der Waals surface area contributed by atoms with Gasteiger partial charge in [0.15, 0.2) is 11.1 Å². The van der Waals surface area contributed by atoms with Crippen molar-refractivity contribution >= 4 is 34.5 Å². The molecule has 1 aliphatic heterocycles. The number of aromatic nitrogens is 2. The Bertz CT molecular complexity index is 1400. The Morgan fingerprint density at radius 3 is 2.29 bits per heavy atom. The van der Waals surface area contributed by atoms with Gasteiger partial charge in [0.05, 0.1) is 29.2 Å². The molecule has 0 saturated carbocycles. The number of halogens is 1. The van der Waals surface area contributed by atoms with E-state index in [2.05, 4.69) is 20.2 Å². The predicted molar refractivity (Wildman–Crippen MR) is 138 cm³/mol. The van der Waals surface area contributed by atoms with Crippen LogP contribution in [0.4, 0.5) is 15.9 Å². The molecule has 1 unspecified atom stereocenters. The number of anilines is 2. The van der Waals surface area contributed by atoms with Crippen molar-refractivity contribution in [3.8, 4) is 11.1 Å². The number of pyridine rings is 2. The van der Waals surface area contributed by atoms with Gasteiger partial charge < -0.3 is 20.1 Å². The van der Waals surface area contributed by atoms with Crippen LogP contribution in [0, 0.1) is 12.7 Å². The predicted octanol–water partition coefficient (Wildman–Crippen LogP) is 3.03. The summed E-state index contributed by atoms with van der Waals surface area (Å²) in [7, 11) is 0. The zero-order chi connectivity index (χ0) is 27.4. The lowest BCUT2D eigenvalue weighted by Crippen LogP contribution is -2.46. The third-order valence-corrected chi connectivity index (χ3v) is 6.78. The molecule has 4 rings (SSSR count). The summed E-state index contributed by atoms with van der Waals surface area (Å²) in [6, 6.07) is 5.62. The molecule has 0 radical (unpaired) electrons. The van der Waals surface area contributed by atoms with Crippen molar-refractivity contribution in [3.05, 3.63) is 70.9 Å². The topological polar surface area (TPSA) is 156 Å². The number of carbonyl (C=O) groups is 2. The van der Waals surface area contributed by atoms with Crippen molar-refractivity contribution in [2.24, 2.45) is 0 Å². The minimum absolute atomic E-state index is 0.0957. The third-order valence-electron chi connectivity index (χ3n) is 6.19. The summed E-state index contributed by atoms with van der Waals surface area (Å²) in [5.74, 6) is -2.76. The summed E-state index contributed by atoms with van der Waals surface area (Å²) in [6.07, 6.45) is 4.09. The Balaban J connectivity index is 1.72. The van der Waals surface area contributed by atoms with Gasteiger partial charge in [-0.25, -0.2) is 23.2 Å². The molecule has 3 aromatic rings. The standard InChI is InChI=1S/C25H26FN5O6S/c1-15-6-20(22(25(34)35)9-19(15)24(32)33)21-7-16(13-30-2-4-31(5-3-30)14-38(36)37)10-28-23(21)29-18-8-17(26)11-27-12-18/h6-12H,2-5,13-14H2,1H3,(H,28,29)(H,32,33)(H,34,35)(H,36,37). The number of carboxylic acid groups (broad SMARTS) is 2. The SMILES string of the molecule is Cc1cc(-c2cc(CN3CCN(CS(=O)O)CC3)cnc2Nc2cncc(F)c2)c(C(=O)O)cc1C(=O)O. The van der Waals surface area contributed by atoms with Gasteiger partial charge >= 0.3 is 11.9 Å². The molecule has 0 spiro atoms. The van der Waals surface area contributed by atoms with E-state index in [1.807, 2.05) is 4.90 Å². The summed E-state index contributed by atoms with van der Waals surface area (Å²) in [5, 5.41) is 22.4. The first-order valence-corrected chi connectivity index (χ1v) is 12.9. The summed E-state index contributed by atoms with van der Waals surface area (Å²) >= 11 is -1.89. The Labute approximate surface area is 220 Å². The number of piperazine rings is 1. The number of carboxylic acids is 2. The van der Waals surface area contributed by atoms with Crippen LogP contribution >= 0.6 is 0 Å². The second-order valence-corrected chi connectivity index (χ2v) is 9.83. The van der Waals surface area contributed by atoms with Gasteiger partial charge in [-0.1, -0.05) is 0 Å². The molecule has 1 fully saturated rings. The number of nitrogens with one attached hydrogen (secondary N) is 1. The van der Waals surface area contributed by atoms with Crippen LogP contribution < -0.4 is 5.32 Å². The lowest BCUT2D eigenvalue weighted by atomic mass is 9.93. The van der Waals surface area contributed by atoms with Crippen LogP contribution in [-0.4, -0.2) is 82.7 Å². The maximum absolute atomic E-state index is 13.8. The molecule has 13 heteroatoms. The van der Waals surface area contributed by atoms with Crippen molar-refractivity contribution in [2.45, 2.75) is 13.5 Å². The van der Waals surface area contributed by atoms with E-state index in [1.54, 1.807) is 19.2 Å². The minimum atomic E-state index is -1.89. The molecule has 1 saturated heterocycles. The highest BCUT2D eigenvalue weighted by atomic mass is 32.2. The molecular formula is C25H26FN5O6S. The van der Waals surface area contributed by atoms with Crippen LogP contribution in [0.15, 0.2) is 42.9 Å². The molecule has 0 amide bonds. The highest BCUT2D eigenvalue weighted by Crippen LogP contribution is 2.34. The number of hydrogen-bond acceptors (Lipinski definition) is 8. The molecule has 0 aliphatic carbocycles. The van der Waals surface area contributed by atoms with Crippen molar-refractivity contribution in [1.82, 2.24) is 19.8 Å². The van der Waals surface area contributed by atoms with Gasteiger partial charge in [0, 0.05) is 56.1 Å². The lowest BCUT2D eigenvalue weighted by Gasteiger charge is -2.33. The van der Waals surface area contributed by atoms with Gasteiger partial charge in [-0.05, 0) is 36.2 Å². The fraction of sp³-hybridized carbons (Fsp3) is 0.280. The van der Waals surface area contributed by atoms with E-state index in [1.165, 1.54) is 18.3 Å². The van der Waals surface area contributed by atoms with Gasteiger partial charge in [-0.2, -0.15) is 0 Å². The first-order valence-electron chi connectivity index (χ1n) is 11.6. The van der Waals surface area contributed by atoms with Crippen LogP contribution in [-0.2, 0) is 17.6 Å². The highest BCUT2D eigenvalue weighted by Gasteiger charge is 2.23. The van der Waals surface area contributed by atoms with E-state index in [0.717, 1.165) is 17.8 Å². The molecule has 1 atom stereocenters. The number of rotatable bonds is 9. The van der Waals surface area contributed by atoms with Crippen LogP contribution in [0.5, 0.6) is 0 Å². The molecule has 3 heterocycles. The van der Waals surface area contributed by atoms with Gasteiger partial charge in [-0.15, -0.1) is 0 Å². The second kappa shape index (κ2) is 11.7. The second-order valence-electron chi connectivity index (χ2n) is 8.92. The fourth-order valence-corrected chi connectivity index (χ4v) is 4.92. The molecule has 11 nitrogen and oxygen atoms in total. The number of aromatic carboxylic acids is 2. The van der Waals surface area contributed by atoms with Crippen molar-refractivity contribution < 1.29 is 33.0 Å². The van der Waals surface area contributed by atoms with E-state index >= 15 is 0 Å². The largest absolute Gasteiger partial charge is 0.478 e. The first-order chi connectivity index (χ1) is 18.1. The number of nitrogens with zero attached hydrogens (tertiary/aromatic N) is 4. The summed E-state index contributed by atoms with van der Waals surface area (Å²) < 4.78 is 34.0. The quantitative estimate of drug-likeness (QED) is 0.294. The molecular weight excluding hydrogens is 517 g/mol. The Hall–Kier alpha value is -3.78. The van der Waals surface area contributed by atoms with Gasteiger partial charge in [0.2, 0.25) is 0 Å². The van der Waals surface area contributed by atoms with Gasteiger partial charge in [-0.3, -0.25) is 14.8 Å². The molecule has 2 aromatic heterocycles. The number of aryl methyl sites for hydroxylation is 1. The highest BCUT2D eigenvalue weighted by molar-refractivity contribution is 7.79. The van der Waals surface area contributed by atoms with Crippen molar-refractivity contribution in [1.29, 1.82) is 0 Å². The zero-order valence-electron chi connectivity index (χ0n) is 20.4. The maximum atomic E-state index is 13.8. The first kappa shape index (κ1) is 27.3. The van der Waals surface area contributed by atoms with Gasteiger partial charge in [0.1, 0.15) is 17.5 Å². The van der Waals surface area contributed by atoms with E-state index in [9.17, 15) is 28.4 Å². The minimum Gasteiger partial charge on any atom is -0.478 e. The fourth-order valence-electron chi connectivity index (χ4n) is 4.35. The third kappa shape index (κ3) is 6.55. The molecule has 0 bridgehead atoms. The average Bonchev–Trinajstić information content (AvgIpc) is 2.85. The average molecular weight is 544 g/mol. The van der Waals surface area contributed by atoms with Crippen LogP contribution in [0.25, 0.3) is 11.1 Å². The summed E-state index contributed by atoms with van der Waals surface area (Å²) in [4.78, 5) is 36.2. The van der Waals surface area contributed by atoms with Crippen LogP contribution in [0.1, 0.15) is 31.8 Å². The Kier molecular flexibility index (Phi) is 8.42. The number of benzene rings is 1. The van der Waals surface area contributed by atoms with Crippen molar-refractivity contribution in [2.75, 3.05) is 37.4 Å². The molecule has 200 valence electrons. The summed E-state index contributed by atoms with van der Waals surface area (Å²) in [5.41, 5.74) is 1.78. The van der Waals surface area contributed by atoms with E-state index in [0.29, 0.717) is 49.5 Å². The van der Waals surface area contributed by atoms with Crippen LogP contribution in [0.2, 0.25) is 0 Å².